The van der Waals surface area contributed by atoms with E-state index < -0.39 is 0 Å². The Morgan fingerprint density at radius 3 is 2.37 bits per heavy atom. The van der Waals surface area contributed by atoms with Gasteiger partial charge in [-0.3, -0.25) is 0 Å². The summed E-state index contributed by atoms with van der Waals surface area (Å²) in [5.41, 5.74) is 6.59. The van der Waals surface area contributed by atoms with Crippen LogP contribution in [0.25, 0.3) is 0 Å². The number of nitrogens with two attached hydrogens (primary N) is 1. The molecule has 0 unspecified atom stereocenters. The lowest BCUT2D eigenvalue weighted by Crippen LogP contribution is -1.99. The first-order valence-corrected chi connectivity index (χ1v) is 6.50. The Labute approximate surface area is 117 Å². The third-order valence-electron chi connectivity index (χ3n) is 2.61. The van der Waals surface area contributed by atoms with E-state index in [1.54, 1.807) is 12.1 Å². The molecule has 0 aliphatic heterocycles. The van der Waals surface area contributed by atoms with Gasteiger partial charge in [0.1, 0.15) is 17.2 Å². The smallest absolute Gasteiger partial charge is 0.133 e. The highest BCUT2D eigenvalue weighted by molar-refractivity contribution is 6.30. The van der Waals surface area contributed by atoms with E-state index >= 15 is 0 Å². The Hall–Kier alpha value is -1.71. The van der Waals surface area contributed by atoms with Crippen molar-refractivity contribution in [1.82, 2.24) is 0 Å². The molecule has 0 heterocycles. The summed E-state index contributed by atoms with van der Waals surface area (Å²) in [6.07, 6.45) is 0. The summed E-state index contributed by atoms with van der Waals surface area (Å²) >= 11 is 5.97. The Bertz CT molecular complexity index is 540. The van der Waals surface area contributed by atoms with Crippen LogP contribution in [0.4, 0.5) is 0 Å². The fraction of sp³-hybridized carbons (Fsp3) is 0.200. The first-order chi connectivity index (χ1) is 9.22. The average molecular weight is 278 g/mol. The molecule has 0 atom stereocenters. The van der Waals surface area contributed by atoms with Gasteiger partial charge in [-0.1, -0.05) is 17.7 Å². The first kappa shape index (κ1) is 13.7. The van der Waals surface area contributed by atoms with Crippen molar-refractivity contribution in [3.63, 3.8) is 0 Å². The number of hydrogen-bond donors (Lipinski definition) is 1. The number of rotatable bonds is 5. The highest BCUT2D eigenvalue weighted by Gasteiger charge is 2.05. The second-order valence-electron chi connectivity index (χ2n) is 3.96. The van der Waals surface area contributed by atoms with Crippen molar-refractivity contribution in [3.05, 3.63) is 53.1 Å². The van der Waals surface area contributed by atoms with Crippen LogP contribution in [0.1, 0.15) is 12.5 Å². The van der Waals surface area contributed by atoms with Gasteiger partial charge in [0, 0.05) is 17.1 Å². The summed E-state index contributed by atoms with van der Waals surface area (Å²) in [6.45, 7) is 3.00. The van der Waals surface area contributed by atoms with Gasteiger partial charge in [-0.15, -0.1) is 0 Å². The zero-order chi connectivity index (χ0) is 13.7. The third-order valence-corrected chi connectivity index (χ3v) is 2.85. The maximum Gasteiger partial charge on any atom is 0.133 e. The summed E-state index contributed by atoms with van der Waals surface area (Å²) in [4.78, 5) is 0. The van der Waals surface area contributed by atoms with Gasteiger partial charge >= 0.3 is 0 Å². The van der Waals surface area contributed by atoms with E-state index in [1.165, 1.54) is 0 Å². The molecule has 0 fully saturated rings. The minimum Gasteiger partial charge on any atom is -0.494 e. The zero-order valence-electron chi connectivity index (χ0n) is 10.7. The predicted octanol–water partition coefficient (Wildman–Crippen LogP) is 3.99. The van der Waals surface area contributed by atoms with Crippen molar-refractivity contribution in [2.24, 2.45) is 5.73 Å². The molecule has 0 bridgehead atoms. The van der Waals surface area contributed by atoms with Crippen LogP contribution in [0.3, 0.4) is 0 Å². The van der Waals surface area contributed by atoms with Crippen molar-refractivity contribution in [2.45, 2.75) is 13.5 Å². The normalized spacial score (nSPS) is 10.3. The van der Waals surface area contributed by atoms with Crippen LogP contribution < -0.4 is 15.2 Å². The van der Waals surface area contributed by atoms with Crippen LogP contribution >= 0.6 is 11.6 Å². The minimum atomic E-state index is 0.406. The molecule has 0 saturated heterocycles. The summed E-state index contributed by atoms with van der Waals surface area (Å²) < 4.78 is 11.2. The molecular formula is C15H16ClNO2. The molecule has 2 aromatic rings. The number of hydrogen-bond acceptors (Lipinski definition) is 3. The minimum absolute atomic E-state index is 0.406. The molecular weight excluding hydrogens is 262 g/mol. The SMILES string of the molecule is CCOc1ccc(Oc2cc(Cl)ccc2CN)cc1. The Morgan fingerprint density at radius 2 is 1.74 bits per heavy atom. The molecule has 2 N–H and O–H groups in total. The van der Waals surface area contributed by atoms with E-state index in [4.69, 9.17) is 26.8 Å². The number of ether oxygens (including phenoxy) is 2. The predicted molar refractivity (Wildman–Crippen MR) is 77.0 cm³/mol. The van der Waals surface area contributed by atoms with E-state index in [1.807, 2.05) is 37.3 Å². The molecule has 3 nitrogen and oxygen atoms in total. The fourth-order valence-electron chi connectivity index (χ4n) is 1.69. The van der Waals surface area contributed by atoms with Gasteiger partial charge in [0.25, 0.3) is 0 Å². The Balaban J connectivity index is 2.18. The maximum atomic E-state index is 5.97. The monoisotopic (exact) mass is 277 g/mol. The highest BCUT2D eigenvalue weighted by atomic mass is 35.5. The second-order valence-corrected chi connectivity index (χ2v) is 4.40. The van der Waals surface area contributed by atoms with Gasteiger partial charge in [0.05, 0.1) is 6.61 Å². The van der Waals surface area contributed by atoms with Crippen LogP contribution in [0, 0.1) is 0 Å². The number of halogens is 1. The fourth-order valence-corrected chi connectivity index (χ4v) is 1.85. The van der Waals surface area contributed by atoms with Crippen molar-refractivity contribution in [1.29, 1.82) is 0 Å². The van der Waals surface area contributed by atoms with E-state index in [2.05, 4.69) is 0 Å². The molecule has 0 aromatic heterocycles. The molecule has 0 saturated carbocycles. The van der Waals surface area contributed by atoms with E-state index in [-0.39, 0.29) is 0 Å². The third kappa shape index (κ3) is 3.63. The van der Waals surface area contributed by atoms with Crippen molar-refractivity contribution in [2.75, 3.05) is 6.61 Å². The summed E-state index contributed by atoms with van der Waals surface area (Å²) in [7, 11) is 0. The highest BCUT2D eigenvalue weighted by Crippen LogP contribution is 2.29. The molecule has 0 amide bonds. The molecule has 0 aliphatic rings. The van der Waals surface area contributed by atoms with Crippen LogP contribution in [-0.2, 0) is 6.54 Å². The summed E-state index contributed by atoms with van der Waals surface area (Å²) in [5.74, 6) is 2.22. The molecule has 0 aliphatic carbocycles. The van der Waals surface area contributed by atoms with Crippen LogP contribution in [0.2, 0.25) is 5.02 Å². The Morgan fingerprint density at radius 1 is 1.05 bits per heavy atom. The average Bonchev–Trinajstić information content (AvgIpc) is 2.42. The van der Waals surface area contributed by atoms with Gasteiger partial charge < -0.3 is 15.2 Å². The molecule has 2 rings (SSSR count). The van der Waals surface area contributed by atoms with Crippen LogP contribution in [0.5, 0.6) is 17.2 Å². The molecule has 2 aromatic carbocycles. The van der Waals surface area contributed by atoms with Gasteiger partial charge in [0.15, 0.2) is 0 Å². The molecule has 4 heteroatoms. The van der Waals surface area contributed by atoms with Gasteiger partial charge in [0.2, 0.25) is 0 Å². The molecule has 0 spiro atoms. The van der Waals surface area contributed by atoms with Crippen molar-refractivity contribution < 1.29 is 9.47 Å². The van der Waals surface area contributed by atoms with E-state index in [9.17, 15) is 0 Å². The standard InChI is InChI=1S/C15H16ClNO2/c1-2-18-13-5-7-14(8-6-13)19-15-9-12(16)4-3-11(15)10-17/h3-9H,2,10,17H2,1H3. The van der Waals surface area contributed by atoms with Gasteiger partial charge in [-0.05, 0) is 43.3 Å². The quantitative estimate of drug-likeness (QED) is 0.899. The Kier molecular flexibility index (Phi) is 4.66. The topological polar surface area (TPSA) is 44.5 Å². The summed E-state index contributed by atoms with van der Waals surface area (Å²) in [6, 6.07) is 12.9. The number of benzene rings is 2. The first-order valence-electron chi connectivity index (χ1n) is 6.12. The summed E-state index contributed by atoms with van der Waals surface area (Å²) in [5, 5.41) is 0.623. The van der Waals surface area contributed by atoms with Crippen molar-refractivity contribution >= 4 is 11.6 Å². The van der Waals surface area contributed by atoms with Gasteiger partial charge in [-0.2, -0.15) is 0 Å². The van der Waals surface area contributed by atoms with Crippen LogP contribution in [0.15, 0.2) is 42.5 Å². The zero-order valence-corrected chi connectivity index (χ0v) is 11.5. The lowest BCUT2D eigenvalue weighted by molar-refractivity contribution is 0.339. The second kappa shape index (κ2) is 6.45. The molecule has 0 radical (unpaired) electrons. The lowest BCUT2D eigenvalue weighted by Gasteiger charge is -2.11. The maximum absolute atomic E-state index is 5.97. The van der Waals surface area contributed by atoms with E-state index in [0.29, 0.717) is 23.9 Å². The van der Waals surface area contributed by atoms with Gasteiger partial charge in [-0.25, -0.2) is 0 Å². The van der Waals surface area contributed by atoms with E-state index in [0.717, 1.165) is 17.1 Å². The lowest BCUT2D eigenvalue weighted by atomic mass is 10.2. The molecule has 100 valence electrons. The molecule has 19 heavy (non-hydrogen) atoms. The largest absolute Gasteiger partial charge is 0.494 e. The van der Waals surface area contributed by atoms with Crippen molar-refractivity contribution in [3.8, 4) is 17.2 Å². The van der Waals surface area contributed by atoms with Crippen LogP contribution in [-0.4, -0.2) is 6.61 Å².